The normalized spacial score (nSPS) is 17.0. The van der Waals surface area contributed by atoms with Crippen LogP contribution >= 0.6 is 0 Å². The molecule has 0 aliphatic heterocycles. The van der Waals surface area contributed by atoms with Crippen molar-refractivity contribution in [1.29, 1.82) is 5.41 Å². The average molecular weight is 247 g/mol. The van der Waals surface area contributed by atoms with E-state index >= 15 is 0 Å². The van der Waals surface area contributed by atoms with Crippen LogP contribution in [-0.2, 0) is 10.0 Å². The fraction of sp³-hybridized carbons (Fsp3) is 0.900. The standard InChI is InChI=1S/C10H21N3O2S/c1-8(2)7-16(14,15)13(9-3-4-9)6-5-10(11)12/h8-9H,3-7H2,1-2H3,(H3,11,12). The molecule has 0 radical (unpaired) electrons. The molecule has 1 fully saturated rings. The first-order valence-corrected chi connectivity index (χ1v) is 7.26. The van der Waals surface area contributed by atoms with Crippen molar-refractivity contribution in [3.05, 3.63) is 0 Å². The average Bonchev–Trinajstić information content (AvgIpc) is 2.84. The molecule has 1 rings (SSSR count). The Kier molecular flexibility index (Phi) is 4.32. The minimum atomic E-state index is -3.17. The molecule has 1 aliphatic carbocycles. The molecule has 0 saturated heterocycles. The molecule has 0 amide bonds. The van der Waals surface area contributed by atoms with Gasteiger partial charge in [-0.15, -0.1) is 0 Å². The summed E-state index contributed by atoms with van der Waals surface area (Å²) in [4.78, 5) is 0. The van der Waals surface area contributed by atoms with Crippen molar-refractivity contribution >= 4 is 15.9 Å². The summed E-state index contributed by atoms with van der Waals surface area (Å²) in [5.74, 6) is 0.357. The van der Waals surface area contributed by atoms with Gasteiger partial charge in [0, 0.05) is 19.0 Å². The van der Waals surface area contributed by atoms with Gasteiger partial charge in [-0.2, -0.15) is 4.31 Å². The van der Waals surface area contributed by atoms with Crippen LogP contribution < -0.4 is 5.73 Å². The second-order valence-corrected chi connectivity index (χ2v) is 6.76. The van der Waals surface area contributed by atoms with Crippen molar-refractivity contribution in [2.45, 2.75) is 39.2 Å². The van der Waals surface area contributed by atoms with Crippen LogP contribution in [0, 0.1) is 11.3 Å². The van der Waals surface area contributed by atoms with Crippen molar-refractivity contribution in [3.63, 3.8) is 0 Å². The molecule has 16 heavy (non-hydrogen) atoms. The van der Waals surface area contributed by atoms with E-state index in [9.17, 15) is 8.42 Å². The lowest BCUT2D eigenvalue weighted by atomic mass is 10.3. The Morgan fingerprint density at radius 1 is 1.50 bits per heavy atom. The van der Waals surface area contributed by atoms with Gasteiger partial charge in [-0.1, -0.05) is 13.8 Å². The quantitative estimate of drug-likeness (QED) is 0.514. The third-order valence-electron chi connectivity index (χ3n) is 2.46. The number of amidine groups is 1. The van der Waals surface area contributed by atoms with E-state index in [0.717, 1.165) is 12.8 Å². The highest BCUT2D eigenvalue weighted by molar-refractivity contribution is 7.89. The van der Waals surface area contributed by atoms with Crippen molar-refractivity contribution in [3.8, 4) is 0 Å². The minimum absolute atomic E-state index is 0.0467. The first-order valence-electron chi connectivity index (χ1n) is 5.65. The lowest BCUT2D eigenvalue weighted by Gasteiger charge is -2.22. The molecule has 0 spiro atoms. The monoisotopic (exact) mass is 247 g/mol. The zero-order valence-electron chi connectivity index (χ0n) is 9.94. The molecule has 0 aromatic carbocycles. The van der Waals surface area contributed by atoms with E-state index in [2.05, 4.69) is 0 Å². The summed E-state index contributed by atoms with van der Waals surface area (Å²) in [7, 11) is -3.17. The third-order valence-corrected chi connectivity index (χ3v) is 4.74. The summed E-state index contributed by atoms with van der Waals surface area (Å²) in [5.41, 5.74) is 5.27. The largest absolute Gasteiger partial charge is 0.388 e. The molecule has 6 heteroatoms. The van der Waals surface area contributed by atoms with Crippen LogP contribution in [-0.4, -0.2) is 36.9 Å². The molecule has 1 aliphatic rings. The number of nitrogens with zero attached hydrogens (tertiary/aromatic N) is 1. The Hall–Kier alpha value is -0.620. The number of hydrogen-bond acceptors (Lipinski definition) is 3. The van der Waals surface area contributed by atoms with Gasteiger partial charge in [-0.25, -0.2) is 8.42 Å². The van der Waals surface area contributed by atoms with Crippen LogP contribution in [0.4, 0.5) is 0 Å². The van der Waals surface area contributed by atoms with Gasteiger partial charge in [-0.3, -0.25) is 5.41 Å². The SMILES string of the molecule is CC(C)CS(=O)(=O)N(CCC(=N)N)C1CC1. The van der Waals surface area contributed by atoms with E-state index in [0.29, 0.717) is 13.0 Å². The molecule has 0 aromatic heterocycles. The highest BCUT2D eigenvalue weighted by Crippen LogP contribution is 2.30. The molecule has 94 valence electrons. The maximum absolute atomic E-state index is 12.0. The van der Waals surface area contributed by atoms with Gasteiger partial charge in [0.1, 0.15) is 0 Å². The number of nitrogens with one attached hydrogen (secondary N) is 1. The smallest absolute Gasteiger partial charge is 0.214 e. The van der Waals surface area contributed by atoms with E-state index in [1.807, 2.05) is 13.8 Å². The maximum Gasteiger partial charge on any atom is 0.214 e. The van der Waals surface area contributed by atoms with Gasteiger partial charge in [0.2, 0.25) is 10.0 Å². The summed E-state index contributed by atoms with van der Waals surface area (Å²) in [6.07, 6.45) is 2.21. The second-order valence-electron chi connectivity index (χ2n) is 4.79. The fourth-order valence-corrected chi connectivity index (χ4v) is 3.73. The number of sulfonamides is 1. The summed E-state index contributed by atoms with van der Waals surface area (Å²) in [6.45, 7) is 4.15. The zero-order chi connectivity index (χ0) is 12.3. The first-order chi connectivity index (χ1) is 7.33. The molecule has 0 unspecified atom stereocenters. The van der Waals surface area contributed by atoms with E-state index in [-0.39, 0.29) is 23.5 Å². The van der Waals surface area contributed by atoms with Crippen LogP contribution in [0.2, 0.25) is 0 Å². The molecular formula is C10H21N3O2S. The number of nitrogens with two attached hydrogens (primary N) is 1. The van der Waals surface area contributed by atoms with Crippen molar-refractivity contribution < 1.29 is 8.42 Å². The lowest BCUT2D eigenvalue weighted by molar-refractivity contribution is 0.408. The third kappa shape index (κ3) is 4.09. The minimum Gasteiger partial charge on any atom is -0.388 e. The lowest BCUT2D eigenvalue weighted by Crippen LogP contribution is -2.38. The Labute approximate surface area is 97.6 Å². The molecule has 0 heterocycles. The van der Waals surface area contributed by atoms with Crippen LogP contribution in [0.25, 0.3) is 0 Å². The molecule has 1 saturated carbocycles. The summed E-state index contributed by atoms with van der Waals surface area (Å²) in [6, 6.07) is 0.156. The summed E-state index contributed by atoms with van der Waals surface area (Å²) < 4.78 is 25.6. The van der Waals surface area contributed by atoms with E-state index in [4.69, 9.17) is 11.1 Å². The molecule has 3 N–H and O–H groups in total. The van der Waals surface area contributed by atoms with Crippen LogP contribution in [0.5, 0.6) is 0 Å². The van der Waals surface area contributed by atoms with E-state index in [1.54, 1.807) is 0 Å². The first kappa shape index (κ1) is 13.4. The Morgan fingerprint density at radius 2 is 2.06 bits per heavy atom. The highest BCUT2D eigenvalue weighted by Gasteiger charge is 2.36. The zero-order valence-corrected chi connectivity index (χ0v) is 10.8. The predicted octanol–water partition coefficient (Wildman–Crippen LogP) is 0.763. The Morgan fingerprint density at radius 3 is 2.44 bits per heavy atom. The highest BCUT2D eigenvalue weighted by atomic mass is 32.2. The van der Waals surface area contributed by atoms with Gasteiger partial charge in [0.15, 0.2) is 0 Å². The predicted molar refractivity (Wildman–Crippen MR) is 64.9 cm³/mol. The molecular weight excluding hydrogens is 226 g/mol. The molecule has 5 nitrogen and oxygen atoms in total. The van der Waals surface area contributed by atoms with Crippen LogP contribution in [0.15, 0.2) is 0 Å². The van der Waals surface area contributed by atoms with Crippen LogP contribution in [0.3, 0.4) is 0 Å². The molecule has 0 atom stereocenters. The number of hydrogen-bond donors (Lipinski definition) is 2. The van der Waals surface area contributed by atoms with Gasteiger partial charge >= 0.3 is 0 Å². The van der Waals surface area contributed by atoms with E-state index < -0.39 is 10.0 Å². The summed E-state index contributed by atoms with van der Waals surface area (Å²) in [5, 5.41) is 7.15. The van der Waals surface area contributed by atoms with Gasteiger partial charge < -0.3 is 5.73 Å². The molecule has 0 bridgehead atoms. The van der Waals surface area contributed by atoms with Crippen molar-refractivity contribution in [2.75, 3.05) is 12.3 Å². The summed E-state index contributed by atoms with van der Waals surface area (Å²) >= 11 is 0. The van der Waals surface area contributed by atoms with Gasteiger partial charge in [0.25, 0.3) is 0 Å². The number of rotatable bonds is 7. The van der Waals surface area contributed by atoms with E-state index in [1.165, 1.54) is 4.31 Å². The Balaban J connectivity index is 2.65. The van der Waals surface area contributed by atoms with Gasteiger partial charge in [0.05, 0.1) is 11.6 Å². The Bertz CT molecular complexity index is 347. The van der Waals surface area contributed by atoms with Crippen molar-refractivity contribution in [1.82, 2.24) is 4.31 Å². The second kappa shape index (κ2) is 5.14. The molecule has 0 aromatic rings. The maximum atomic E-state index is 12.0. The van der Waals surface area contributed by atoms with Gasteiger partial charge in [-0.05, 0) is 18.8 Å². The van der Waals surface area contributed by atoms with Crippen molar-refractivity contribution in [2.24, 2.45) is 11.7 Å². The topological polar surface area (TPSA) is 87.2 Å². The van der Waals surface area contributed by atoms with Crippen LogP contribution in [0.1, 0.15) is 33.1 Å². The fourth-order valence-electron chi connectivity index (χ4n) is 1.66.